The summed E-state index contributed by atoms with van der Waals surface area (Å²) >= 11 is 3.32. The smallest absolute Gasteiger partial charge is 0.274 e. The molecule has 0 aromatic heterocycles. The van der Waals surface area contributed by atoms with Crippen LogP contribution < -0.4 is 5.48 Å². The van der Waals surface area contributed by atoms with Crippen molar-refractivity contribution in [2.45, 2.75) is 13.8 Å². The standard InChI is InChI=1S/C10H12BrNO2/c1-3-14-12-10(13)8-5-4-7(2)6-9(8)11/h4-6H,3H2,1-2H3,(H,12,13). The molecule has 0 aliphatic heterocycles. The van der Waals surface area contributed by atoms with E-state index in [4.69, 9.17) is 4.84 Å². The van der Waals surface area contributed by atoms with Crippen LogP contribution in [0.1, 0.15) is 22.8 Å². The lowest BCUT2D eigenvalue weighted by Gasteiger charge is -2.06. The van der Waals surface area contributed by atoms with Crippen molar-refractivity contribution in [2.75, 3.05) is 6.61 Å². The molecule has 0 bridgehead atoms. The van der Waals surface area contributed by atoms with Gasteiger partial charge >= 0.3 is 0 Å². The van der Waals surface area contributed by atoms with Crippen molar-refractivity contribution < 1.29 is 9.63 Å². The Hall–Kier alpha value is -0.870. The zero-order valence-electron chi connectivity index (χ0n) is 8.13. The van der Waals surface area contributed by atoms with Gasteiger partial charge in [-0.05, 0) is 47.5 Å². The first-order chi connectivity index (χ1) is 6.65. The molecule has 0 saturated heterocycles. The van der Waals surface area contributed by atoms with Gasteiger partial charge in [-0.2, -0.15) is 0 Å². The molecular formula is C10H12BrNO2. The first-order valence-corrected chi connectivity index (χ1v) is 5.12. The Morgan fingerprint density at radius 3 is 2.86 bits per heavy atom. The van der Waals surface area contributed by atoms with Crippen LogP contribution in [-0.4, -0.2) is 12.5 Å². The Balaban J connectivity index is 2.80. The van der Waals surface area contributed by atoms with Crippen LogP contribution in [0.3, 0.4) is 0 Å². The van der Waals surface area contributed by atoms with E-state index in [1.165, 1.54) is 0 Å². The molecule has 0 aliphatic carbocycles. The van der Waals surface area contributed by atoms with E-state index in [9.17, 15) is 4.79 Å². The summed E-state index contributed by atoms with van der Waals surface area (Å²) in [5.41, 5.74) is 4.01. The largest absolute Gasteiger partial charge is 0.275 e. The molecule has 1 rings (SSSR count). The topological polar surface area (TPSA) is 38.3 Å². The highest BCUT2D eigenvalue weighted by Gasteiger charge is 2.08. The van der Waals surface area contributed by atoms with Gasteiger partial charge in [-0.1, -0.05) is 6.07 Å². The number of hydrogen-bond acceptors (Lipinski definition) is 2. The van der Waals surface area contributed by atoms with E-state index in [0.29, 0.717) is 12.2 Å². The van der Waals surface area contributed by atoms with Crippen molar-refractivity contribution in [1.29, 1.82) is 0 Å². The number of rotatable bonds is 3. The molecule has 0 fully saturated rings. The molecule has 14 heavy (non-hydrogen) atoms. The van der Waals surface area contributed by atoms with Gasteiger partial charge in [0.05, 0.1) is 12.2 Å². The number of aryl methyl sites for hydroxylation is 1. The monoisotopic (exact) mass is 257 g/mol. The molecular weight excluding hydrogens is 246 g/mol. The second-order valence-corrected chi connectivity index (χ2v) is 3.70. The number of halogens is 1. The molecule has 4 heteroatoms. The van der Waals surface area contributed by atoms with E-state index in [1.807, 2.05) is 26.0 Å². The first-order valence-electron chi connectivity index (χ1n) is 4.33. The summed E-state index contributed by atoms with van der Waals surface area (Å²) in [6, 6.07) is 5.53. The number of nitrogens with one attached hydrogen (secondary N) is 1. The predicted molar refractivity (Wildman–Crippen MR) is 58.0 cm³/mol. The normalized spacial score (nSPS) is 9.93. The molecule has 0 unspecified atom stereocenters. The average Bonchev–Trinajstić information content (AvgIpc) is 2.14. The molecule has 0 heterocycles. The first kappa shape index (κ1) is 11.2. The summed E-state index contributed by atoms with van der Waals surface area (Å²) < 4.78 is 0.773. The van der Waals surface area contributed by atoms with Crippen LogP contribution in [0, 0.1) is 6.92 Å². The lowest BCUT2D eigenvalue weighted by molar-refractivity contribution is 0.0364. The number of hydrogen-bond donors (Lipinski definition) is 1. The Bertz CT molecular complexity index is 339. The summed E-state index contributed by atoms with van der Waals surface area (Å²) in [5.74, 6) is -0.237. The molecule has 3 nitrogen and oxygen atoms in total. The van der Waals surface area contributed by atoms with Crippen molar-refractivity contribution in [3.05, 3.63) is 33.8 Å². The molecule has 1 N–H and O–H groups in total. The summed E-state index contributed by atoms with van der Waals surface area (Å²) in [6.07, 6.45) is 0. The minimum absolute atomic E-state index is 0.237. The van der Waals surface area contributed by atoms with E-state index in [0.717, 1.165) is 10.0 Å². The van der Waals surface area contributed by atoms with Crippen molar-refractivity contribution in [3.8, 4) is 0 Å². The fourth-order valence-electron chi connectivity index (χ4n) is 0.997. The molecule has 0 radical (unpaired) electrons. The molecule has 0 aliphatic rings. The van der Waals surface area contributed by atoms with Crippen molar-refractivity contribution in [2.24, 2.45) is 0 Å². The Morgan fingerprint density at radius 1 is 1.57 bits per heavy atom. The van der Waals surface area contributed by atoms with Crippen LogP contribution in [0.5, 0.6) is 0 Å². The van der Waals surface area contributed by atoms with Crippen LogP contribution in [0.25, 0.3) is 0 Å². The maximum Gasteiger partial charge on any atom is 0.275 e. The molecule has 0 spiro atoms. The molecule has 1 aromatic carbocycles. The van der Waals surface area contributed by atoms with E-state index in [-0.39, 0.29) is 5.91 Å². The third-order valence-electron chi connectivity index (χ3n) is 1.68. The van der Waals surface area contributed by atoms with Crippen molar-refractivity contribution >= 4 is 21.8 Å². The Labute approximate surface area is 91.5 Å². The maximum atomic E-state index is 11.5. The van der Waals surface area contributed by atoms with E-state index >= 15 is 0 Å². The lowest BCUT2D eigenvalue weighted by Crippen LogP contribution is -2.23. The van der Waals surface area contributed by atoms with E-state index < -0.39 is 0 Å². The third kappa shape index (κ3) is 2.82. The van der Waals surface area contributed by atoms with Gasteiger partial charge in [0.2, 0.25) is 0 Å². The molecule has 0 atom stereocenters. The van der Waals surface area contributed by atoms with Gasteiger partial charge in [-0.15, -0.1) is 0 Å². The van der Waals surface area contributed by atoms with Gasteiger partial charge in [0.15, 0.2) is 0 Å². The molecule has 1 aromatic rings. The average molecular weight is 258 g/mol. The highest BCUT2D eigenvalue weighted by atomic mass is 79.9. The quantitative estimate of drug-likeness (QED) is 0.845. The summed E-state index contributed by atoms with van der Waals surface area (Å²) in [4.78, 5) is 16.3. The Kier molecular flexibility index (Phi) is 4.10. The molecule has 76 valence electrons. The SMILES string of the molecule is CCONC(=O)c1ccc(C)cc1Br. The van der Waals surface area contributed by atoms with Crippen LogP contribution in [0.2, 0.25) is 0 Å². The fourth-order valence-corrected chi connectivity index (χ4v) is 1.67. The fraction of sp³-hybridized carbons (Fsp3) is 0.300. The zero-order valence-corrected chi connectivity index (χ0v) is 9.72. The zero-order chi connectivity index (χ0) is 10.6. The molecule has 0 saturated carbocycles. The summed E-state index contributed by atoms with van der Waals surface area (Å²) in [5, 5.41) is 0. The van der Waals surface area contributed by atoms with Gasteiger partial charge in [0.1, 0.15) is 0 Å². The van der Waals surface area contributed by atoms with Crippen molar-refractivity contribution in [3.63, 3.8) is 0 Å². The number of amides is 1. The minimum Gasteiger partial charge on any atom is -0.274 e. The van der Waals surface area contributed by atoms with Crippen LogP contribution in [-0.2, 0) is 4.84 Å². The summed E-state index contributed by atoms with van der Waals surface area (Å²) in [6.45, 7) is 4.23. The predicted octanol–water partition coefficient (Wildman–Crippen LogP) is 2.44. The summed E-state index contributed by atoms with van der Waals surface area (Å²) in [7, 11) is 0. The third-order valence-corrected chi connectivity index (χ3v) is 2.33. The van der Waals surface area contributed by atoms with Gasteiger partial charge in [-0.3, -0.25) is 9.63 Å². The number of carbonyl (C=O) groups is 1. The lowest BCUT2D eigenvalue weighted by atomic mass is 10.1. The number of benzene rings is 1. The second kappa shape index (κ2) is 5.12. The highest BCUT2D eigenvalue weighted by Crippen LogP contribution is 2.17. The Morgan fingerprint density at radius 2 is 2.29 bits per heavy atom. The van der Waals surface area contributed by atoms with Gasteiger partial charge in [0, 0.05) is 4.47 Å². The highest BCUT2D eigenvalue weighted by molar-refractivity contribution is 9.10. The van der Waals surface area contributed by atoms with Crippen LogP contribution >= 0.6 is 15.9 Å². The minimum atomic E-state index is -0.237. The van der Waals surface area contributed by atoms with E-state index in [1.54, 1.807) is 6.07 Å². The number of hydroxylamine groups is 1. The second-order valence-electron chi connectivity index (χ2n) is 2.85. The van der Waals surface area contributed by atoms with Crippen LogP contribution in [0.15, 0.2) is 22.7 Å². The van der Waals surface area contributed by atoms with Crippen molar-refractivity contribution in [1.82, 2.24) is 5.48 Å². The van der Waals surface area contributed by atoms with E-state index in [2.05, 4.69) is 21.4 Å². The van der Waals surface area contributed by atoms with Gasteiger partial charge < -0.3 is 0 Å². The molecule has 1 amide bonds. The van der Waals surface area contributed by atoms with Gasteiger partial charge in [-0.25, -0.2) is 5.48 Å². The van der Waals surface area contributed by atoms with Gasteiger partial charge in [0.25, 0.3) is 5.91 Å². The maximum absolute atomic E-state index is 11.5. The number of carbonyl (C=O) groups excluding carboxylic acids is 1. The van der Waals surface area contributed by atoms with Crippen LogP contribution in [0.4, 0.5) is 0 Å².